The minimum absolute atomic E-state index is 0.110. The first-order valence-corrected chi connectivity index (χ1v) is 12.8. The second-order valence-electron chi connectivity index (χ2n) is 8.06. The highest BCUT2D eigenvalue weighted by molar-refractivity contribution is 7.82. The van der Waals surface area contributed by atoms with Crippen molar-refractivity contribution in [3.05, 3.63) is 24.3 Å². The number of ether oxygens (including phenoxy) is 2. The molecule has 1 saturated heterocycles. The van der Waals surface area contributed by atoms with Crippen molar-refractivity contribution >= 4 is 10.4 Å². The number of rotatable bonds is 15. The van der Waals surface area contributed by atoms with E-state index in [0.717, 1.165) is 19.3 Å². The smallest absolute Gasteiger partial charge is 0.451 e. The predicted octanol–water partition coefficient (Wildman–Crippen LogP) is 1.65. The van der Waals surface area contributed by atoms with Gasteiger partial charge in [-0.2, -0.15) is 8.42 Å². The first kappa shape index (κ1) is 27.8. The minimum atomic E-state index is -4.75. The molecule has 0 bridgehead atoms. The SMILES string of the molecule is CCCCCCCCCCOc1ccccc1OS(=O)(=O)O[C@@H]1O[C@H](CO)[C@H](O)[C@H](O)[C@H]1O. The largest absolute Gasteiger partial charge is 0.490 e. The van der Waals surface area contributed by atoms with Crippen LogP contribution in [-0.4, -0.2) is 72.8 Å². The van der Waals surface area contributed by atoms with E-state index in [2.05, 4.69) is 6.92 Å². The summed E-state index contributed by atoms with van der Waals surface area (Å²) in [7, 11) is -4.75. The molecule has 2 rings (SSSR count). The van der Waals surface area contributed by atoms with Gasteiger partial charge in [0, 0.05) is 0 Å². The van der Waals surface area contributed by atoms with Crippen LogP contribution >= 0.6 is 0 Å². The molecule has 10 nitrogen and oxygen atoms in total. The van der Waals surface area contributed by atoms with Crippen LogP contribution in [0.3, 0.4) is 0 Å². The molecule has 0 saturated carbocycles. The van der Waals surface area contributed by atoms with Crippen LogP contribution in [0.4, 0.5) is 0 Å². The molecule has 0 aliphatic carbocycles. The number of benzene rings is 1. The number of aliphatic hydroxyl groups excluding tert-OH is 4. The first-order valence-electron chi connectivity index (χ1n) is 11.4. The van der Waals surface area contributed by atoms with Crippen LogP contribution < -0.4 is 8.92 Å². The van der Waals surface area contributed by atoms with Crippen molar-refractivity contribution in [2.45, 2.75) is 89.0 Å². The van der Waals surface area contributed by atoms with E-state index in [9.17, 15) is 28.8 Å². The Balaban J connectivity index is 1.86. The van der Waals surface area contributed by atoms with Gasteiger partial charge in [0.15, 0.2) is 11.5 Å². The van der Waals surface area contributed by atoms with Gasteiger partial charge in [-0.1, -0.05) is 64.0 Å². The van der Waals surface area contributed by atoms with Crippen molar-refractivity contribution in [1.29, 1.82) is 0 Å². The first-order chi connectivity index (χ1) is 15.8. The molecule has 11 heteroatoms. The Hall–Kier alpha value is -1.47. The van der Waals surface area contributed by atoms with Gasteiger partial charge in [0.1, 0.15) is 24.4 Å². The van der Waals surface area contributed by atoms with Gasteiger partial charge in [-0.05, 0) is 18.6 Å². The van der Waals surface area contributed by atoms with Crippen LogP contribution in [-0.2, 0) is 19.3 Å². The maximum Gasteiger partial charge on any atom is 0.451 e. The molecule has 1 aliphatic heterocycles. The van der Waals surface area contributed by atoms with Gasteiger partial charge in [-0.3, -0.25) is 0 Å². The summed E-state index contributed by atoms with van der Waals surface area (Å²) in [6.45, 7) is 1.86. The molecule has 1 aromatic carbocycles. The van der Waals surface area contributed by atoms with Gasteiger partial charge in [-0.15, -0.1) is 0 Å². The molecule has 0 aromatic heterocycles. The van der Waals surface area contributed by atoms with Gasteiger partial charge < -0.3 is 34.1 Å². The molecule has 1 aliphatic rings. The molecule has 1 heterocycles. The molecule has 190 valence electrons. The Kier molecular flexibility index (Phi) is 11.8. The third kappa shape index (κ3) is 9.01. The van der Waals surface area contributed by atoms with Crippen molar-refractivity contribution in [2.24, 2.45) is 0 Å². The van der Waals surface area contributed by atoms with E-state index in [4.69, 9.17) is 17.8 Å². The summed E-state index contributed by atoms with van der Waals surface area (Å²) in [6, 6.07) is 6.17. The average molecular weight is 493 g/mol. The van der Waals surface area contributed by atoms with Crippen LogP contribution in [0.15, 0.2) is 24.3 Å². The van der Waals surface area contributed by atoms with Crippen LogP contribution in [0.2, 0.25) is 0 Å². The van der Waals surface area contributed by atoms with E-state index in [1.165, 1.54) is 38.2 Å². The van der Waals surface area contributed by atoms with Crippen molar-refractivity contribution in [1.82, 2.24) is 0 Å². The van der Waals surface area contributed by atoms with Crippen LogP contribution in [0, 0.1) is 0 Å². The summed E-state index contributed by atoms with van der Waals surface area (Å²) in [4.78, 5) is 0. The highest BCUT2D eigenvalue weighted by Gasteiger charge is 2.46. The van der Waals surface area contributed by atoms with Gasteiger partial charge in [0.25, 0.3) is 0 Å². The van der Waals surface area contributed by atoms with E-state index < -0.39 is 47.7 Å². The Labute approximate surface area is 195 Å². The average Bonchev–Trinajstić information content (AvgIpc) is 2.79. The third-order valence-electron chi connectivity index (χ3n) is 5.36. The Morgan fingerprint density at radius 2 is 1.48 bits per heavy atom. The fourth-order valence-corrected chi connectivity index (χ4v) is 4.24. The van der Waals surface area contributed by atoms with Crippen molar-refractivity contribution in [2.75, 3.05) is 13.2 Å². The Morgan fingerprint density at radius 3 is 2.12 bits per heavy atom. The number of unbranched alkanes of at least 4 members (excludes halogenated alkanes) is 7. The lowest BCUT2D eigenvalue weighted by atomic mass is 10.00. The Morgan fingerprint density at radius 1 is 0.879 bits per heavy atom. The fourth-order valence-electron chi connectivity index (χ4n) is 3.45. The molecule has 4 N–H and O–H groups in total. The monoisotopic (exact) mass is 492 g/mol. The maximum absolute atomic E-state index is 12.4. The summed E-state index contributed by atoms with van der Waals surface area (Å²) in [5, 5.41) is 38.7. The number of hydrogen-bond donors (Lipinski definition) is 4. The lowest BCUT2D eigenvalue weighted by Crippen LogP contribution is -2.59. The number of para-hydroxylation sites is 2. The van der Waals surface area contributed by atoms with Crippen molar-refractivity contribution < 1.29 is 46.7 Å². The fraction of sp³-hybridized carbons (Fsp3) is 0.727. The lowest BCUT2D eigenvalue weighted by molar-refractivity contribution is -0.277. The van der Waals surface area contributed by atoms with E-state index in [-0.39, 0.29) is 11.5 Å². The predicted molar refractivity (Wildman–Crippen MR) is 119 cm³/mol. The highest BCUT2D eigenvalue weighted by Crippen LogP contribution is 2.30. The standard InChI is InChI=1S/C22H36O10S/c1-2-3-4-5-6-7-8-11-14-29-16-12-9-10-13-17(16)31-33(27,28)32-22-21(26)20(25)19(24)18(15-23)30-22/h9-10,12-13,18-26H,2-8,11,14-15H2,1H3/t18-,19+,20+,21-,22+/m1/s1. The summed E-state index contributed by atoms with van der Waals surface area (Å²) in [5.41, 5.74) is 0. The number of hydrogen-bond acceptors (Lipinski definition) is 10. The molecule has 0 amide bonds. The van der Waals surface area contributed by atoms with Crippen molar-refractivity contribution in [3.8, 4) is 11.5 Å². The molecule has 1 fully saturated rings. The molecule has 1 aromatic rings. The van der Waals surface area contributed by atoms with Crippen LogP contribution in [0.1, 0.15) is 58.3 Å². The maximum atomic E-state index is 12.4. The molecule has 33 heavy (non-hydrogen) atoms. The van der Waals surface area contributed by atoms with E-state index in [1.807, 2.05) is 0 Å². The zero-order valence-electron chi connectivity index (χ0n) is 18.9. The van der Waals surface area contributed by atoms with Gasteiger partial charge in [0.2, 0.25) is 6.29 Å². The molecule has 0 radical (unpaired) electrons. The topological polar surface area (TPSA) is 152 Å². The highest BCUT2D eigenvalue weighted by atomic mass is 32.3. The zero-order chi connectivity index (χ0) is 24.3. The second kappa shape index (κ2) is 14.1. The van der Waals surface area contributed by atoms with E-state index >= 15 is 0 Å². The third-order valence-corrected chi connectivity index (χ3v) is 6.17. The molecule has 0 spiro atoms. The zero-order valence-corrected chi connectivity index (χ0v) is 19.7. The van der Waals surface area contributed by atoms with E-state index in [1.54, 1.807) is 18.2 Å². The normalized spacial score (nSPS) is 25.7. The molecule has 5 atom stereocenters. The summed E-state index contributed by atoms with van der Waals surface area (Å²) in [6.07, 6.45) is 0.619. The molecular weight excluding hydrogens is 456 g/mol. The summed E-state index contributed by atoms with van der Waals surface area (Å²) < 4.78 is 45.2. The number of aliphatic hydroxyl groups is 4. The Bertz CT molecular complexity index is 785. The summed E-state index contributed by atoms with van der Waals surface area (Å²) >= 11 is 0. The van der Waals surface area contributed by atoms with Gasteiger partial charge in [0.05, 0.1) is 13.2 Å². The van der Waals surface area contributed by atoms with Crippen molar-refractivity contribution in [3.63, 3.8) is 0 Å². The molecular formula is C22H36O10S. The lowest BCUT2D eigenvalue weighted by Gasteiger charge is -2.38. The van der Waals surface area contributed by atoms with Crippen LogP contribution in [0.5, 0.6) is 11.5 Å². The quantitative estimate of drug-likeness (QED) is 0.266. The second-order valence-corrected chi connectivity index (χ2v) is 9.23. The minimum Gasteiger partial charge on any atom is -0.490 e. The van der Waals surface area contributed by atoms with Gasteiger partial charge >= 0.3 is 10.4 Å². The molecule has 0 unspecified atom stereocenters. The van der Waals surface area contributed by atoms with Crippen LogP contribution in [0.25, 0.3) is 0 Å². The summed E-state index contributed by atoms with van der Waals surface area (Å²) in [5.74, 6) is 0.100. The van der Waals surface area contributed by atoms with E-state index in [0.29, 0.717) is 6.61 Å². The van der Waals surface area contributed by atoms with Gasteiger partial charge in [-0.25, -0.2) is 4.18 Å².